The van der Waals surface area contributed by atoms with Crippen molar-refractivity contribution < 1.29 is 102 Å². The first-order chi connectivity index (χ1) is 34.9. The van der Waals surface area contributed by atoms with Crippen LogP contribution in [0.1, 0.15) is 123 Å². The first-order valence-corrected chi connectivity index (χ1v) is 27.8. The molecule has 420 valence electrons. The van der Waals surface area contributed by atoms with Gasteiger partial charge in [-0.25, -0.2) is 9.59 Å². The Labute approximate surface area is 463 Å². The lowest BCUT2D eigenvalue weighted by Crippen LogP contribution is -2.68. The maximum atomic E-state index is 15.5. The molecule has 0 radical (unpaired) electrons. The van der Waals surface area contributed by atoms with E-state index >= 15 is 19.2 Å². The van der Waals surface area contributed by atoms with Crippen LogP contribution in [-0.4, -0.2) is 109 Å². The number of halogens is 6. The fourth-order valence-corrected chi connectivity index (χ4v) is 13.6. The zero-order chi connectivity index (χ0) is 57.0. The molecule has 5 aliphatic rings. The van der Waals surface area contributed by atoms with E-state index in [4.69, 9.17) is 37.7 Å². The summed E-state index contributed by atoms with van der Waals surface area (Å²) in [4.78, 5) is 101. The van der Waals surface area contributed by atoms with Crippen LogP contribution >= 0.6 is 45.2 Å². The zero-order valence-electron chi connectivity index (χ0n) is 42.9. The Morgan fingerprint density at radius 3 is 1.88 bits per heavy atom. The van der Waals surface area contributed by atoms with Crippen molar-refractivity contribution in [3.63, 3.8) is 0 Å². The lowest BCUT2D eigenvalue weighted by molar-refractivity contribution is -0.236. The number of carbonyl (C=O) groups excluding carboxylic acids is 7. The van der Waals surface area contributed by atoms with Crippen molar-refractivity contribution in [1.29, 1.82) is 0 Å². The molecule has 1 aliphatic heterocycles. The molecule has 18 nitrogen and oxygen atoms in total. The van der Waals surface area contributed by atoms with E-state index in [1.54, 1.807) is 66.8 Å². The summed E-state index contributed by atoms with van der Waals surface area (Å²) in [6.45, 7) is 7.75. The van der Waals surface area contributed by atoms with E-state index in [0.717, 1.165) is 0 Å². The number of phenols is 1. The van der Waals surface area contributed by atoms with E-state index in [1.165, 1.54) is 53.7 Å². The van der Waals surface area contributed by atoms with Crippen molar-refractivity contribution >= 4 is 97.1 Å². The number of carbonyl (C=O) groups is 7. The fourth-order valence-electron chi connectivity index (χ4n) is 11.5. The SMILES string of the molecule is CC(C)(OC(=O)C(C)(C)C(C)(C(=O)OC1CCOC1=O)C(C)(C(=O)OCCOC(=O)c1ccc(I)c(O)c1I)C(C)(C)C(=O)OC12CC3CC(C1)CC(C(=O)OCCC(F)(F)C(F)(F)S(=O)(=O)O)(C3)C2)c1ccccc1. The predicted molar refractivity (Wildman–Crippen MR) is 273 cm³/mol. The maximum absolute atomic E-state index is 15.5. The number of ether oxygens (including phenoxy) is 7. The lowest BCUT2D eigenvalue weighted by Gasteiger charge is -2.61. The van der Waals surface area contributed by atoms with Crippen LogP contribution in [0.15, 0.2) is 42.5 Å². The number of benzene rings is 2. The van der Waals surface area contributed by atoms with Crippen LogP contribution in [0.3, 0.4) is 0 Å². The molecule has 4 bridgehead atoms. The molecule has 2 N–H and O–H groups in total. The largest absolute Gasteiger partial charge is 0.506 e. The second kappa shape index (κ2) is 21.3. The molecule has 1 saturated heterocycles. The summed E-state index contributed by atoms with van der Waals surface area (Å²) in [6, 6.07) is 11.4. The molecule has 0 aromatic heterocycles. The Morgan fingerprint density at radius 1 is 0.750 bits per heavy atom. The molecular weight excluding hydrogens is 1260 g/mol. The highest BCUT2D eigenvalue weighted by Gasteiger charge is 2.75. The molecule has 2 aromatic rings. The monoisotopic (exact) mass is 1320 g/mol. The van der Waals surface area contributed by atoms with Crippen LogP contribution in [0.4, 0.5) is 17.6 Å². The first-order valence-electron chi connectivity index (χ1n) is 24.2. The van der Waals surface area contributed by atoms with Crippen LogP contribution in [0.2, 0.25) is 0 Å². The fraction of sp³-hybridized carbons (Fsp3) is 0.627. The summed E-state index contributed by atoms with van der Waals surface area (Å²) in [7, 11) is -6.56. The van der Waals surface area contributed by atoms with Gasteiger partial charge in [0.2, 0.25) is 6.10 Å². The highest BCUT2D eigenvalue weighted by Crippen LogP contribution is 2.66. The maximum Gasteiger partial charge on any atom is 0.431 e. The third-order valence-corrected chi connectivity index (χ3v) is 19.2. The standard InChI is InChI=1S/C51H60F4I2O18S/c1-43(2,38(61)74-45(5,6)30-12-10-9-11-13-30)47(8,41(64)73-33-16-18-69-37(33)60)46(7,40(63)72-21-20-70-36(59)31-14-15-32(56)35(58)34(31)57)44(3,4)39(62)75-49-25-28-22-29(26-49)24-48(23-28,27-49)42(65)71-19-17-50(52,53)51(54,55)76(66,67)68/h9-15,28-29,33,58H,16-27H2,1-8H3,(H,66,67,68). The van der Waals surface area contributed by atoms with Gasteiger partial charge < -0.3 is 38.3 Å². The number of phenolic OH excluding ortho intramolecular Hbond substituents is 1. The molecule has 76 heavy (non-hydrogen) atoms. The number of aromatic hydroxyl groups is 1. The molecule has 5 atom stereocenters. The third kappa shape index (κ3) is 10.9. The summed E-state index contributed by atoms with van der Waals surface area (Å²) in [6.07, 6.45) is -2.82. The van der Waals surface area contributed by atoms with Gasteiger partial charge in [0.15, 0.2) is 0 Å². The second-order valence-corrected chi connectivity index (χ2v) is 25.7. The number of rotatable bonds is 21. The summed E-state index contributed by atoms with van der Waals surface area (Å²) >= 11 is 3.63. The van der Waals surface area contributed by atoms with Gasteiger partial charge >= 0.3 is 63.1 Å². The quantitative estimate of drug-likeness (QED) is 0.0296. The summed E-state index contributed by atoms with van der Waals surface area (Å²) in [5.41, 5.74) is -13.7. The Kier molecular flexibility index (Phi) is 17.1. The van der Waals surface area contributed by atoms with Crippen molar-refractivity contribution in [1.82, 2.24) is 0 Å². The van der Waals surface area contributed by atoms with Gasteiger partial charge in [-0.2, -0.15) is 26.0 Å². The van der Waals surface area contributed by atoms with E-state index in [2.05, 4.69) is 0 Å². The molecule has 2 aromatic carbocycles. The van der Waals surface area contributed by atoms with Crippen molar-refractivity contribution in [3.05, 3.63) is 60.7 Å². The number of hydrogen-bond donors (Lipinski definition) is 2. The molecule has 5 unspecified atom stereocenters. The minimum absolute atomic E-state index is 0.0143. The van der Waals surface area contributed by atoms with E-state index < -0.39 is 134 Å². The van der Waals surface area contributed by atoms with Crippen molar-refractivity contribution in [3.8, 4) is 5.75 Å². The molecule has 25 heteroatoms. The van der Waals surface area contributed by atoms with Gasteiger partial charge in [0.05, 0.1) is 59.4 Å². The number of alkyl halides is 4. The average Bonchev–Trinajstić information content (AvgIpc) is 3.73. The van der Waals surface area contributed by atoms with Crippen LogP contribution in [0, 0.1) is 46.1 Å². The molecule has 4 saturated carbocycles. The molecule has 1 heterocycles. The topological polar surface area (TPSA) is 259 Å². The number of hydrogen-bond acceptors (Lipinski definition) is 17. The Hall–Kier alpha value is -4.38. The van der Waals surface area contributed by atoms with E-state index in [0.29, 0.717) is 15.6 Å². The van der Waals surface area contributed by atoms with Crippen LogP contribution < -0.4 is 0 Å². The molecule has 7 rings (SSSR count). The minimum Gasteiger partial charge on any atom is -0.506 e. The van der Waals surface area contributed by atoms with Crippen molar-refractivity contribution in [2.45, 2.75) is 135 Å². The minimum atomic E-state index is -6.56. The molecule has 0 spiro atoms. The van der Waals surface area contributed by atoms with E-state index in [1.807, 2.05) is 22.6 Å². The normalized spacial score (nSPS) is 24.3. The molecule has 4 aliphatic carbocycles. The van der Waals surface area contributed by atoms with Crippen molar-refractivity contribution in [2.24, 2.45) is 38.9 Å². The highest BCUT2D eigenvalue weighted by molar-refractivity contribution is 14.1. The van der Waals surface area contributed by atoms with Gasteiger partial charge in [0.25, 0.3) is 0 Å². The molecule has 5 fully saturated rings. The van der Waals surface area contributed by atoms with Crippen molar-refractivity contribution in [2.75, 3.05) is 26.4 Å². The Bertz CT molecular complexity index is 2760. The smallest absolute Gasteiger partial charge is 0.431 e. The van der Waals surface area contributed by atoms with Gasteiger partial charge in [0.1, 0.15) is 30.2 Å². The number of cyclic esters (lactones) is 1. The Balaban J connectivity index is 1.38. The van der Waals surface area contributed by atoms with Gasteiger partial charge in [-0.05, 0) is 162 Å². The lowest BCUT2D eigenvalue weighted by atomic mass is 9.45. The first kappa shape index (κ1) is 60.8. The van der Waals surface area contributed by atoms with Crippen LogP contribution in [0.5, 0.6) is 5.75 Å². The Morgan fingerprint density at radius 2 is 1.32 bits per heavy atom. The summed E-state index contributed by atoms with van der Waals surface area (Å²) in [5.74, 6) is -14.1. The molecular formula is C51H60F4I2O18S. The van der Waals surface area contributed by atoms with Crippen LogP contribution in [0.25, 0.3) is 0 Å². The van der Waals surface area contributed by atoms with Gasteiger partial charge in [-0.3, -0.25) is 28.5 Å². The second-order valence-electron chi connectivity index (χ2n) is 22.0. The van der Waals surface area contributed by atoms with Gasteiger partial charge in [-0.1, -0.05) is 30.3 Å². The van der Waals surface area contributed by atoms with Gasteiger partial charge in [-0.15, -0.1) is 0 Å². The van der Waals surface area contributed by atoms with E-state index in [9.17, 15) is 45.5 Å². The molecule has 0 amide bonds. The highest BCUT2D eigenvalue weighted by atomic mass is 127. The predicted octanol–water partition coefficient (Wildman–Crippen LogP) is 8.64. The van der Waals surface area contributed by atoms with E-state index in [-0.39, 0.29) is 71.9 Å². The zero-order valence-corrected chi connectivity index (χ0v) is 48.0. The third-order valence-electron chi connectivity index (χ3n) is 16.3. The van der Waals surface area contributed by atoms with Gasteiger partial charge in [0, 0.05) is 12.8 Å². The summed E-state index contributed by atoms with van der Waals surface area (Å²) < 4.78 is 128. The van der Waals surface area contributed by atoms with Crippen LogP contribution in [-0.2, 0) is 77.6 Å². The number of esters is 7. The summed E-state index contributed by atoms with van der Waals surface area (Å²) in [5, 5.41) is 4.53. The average molecular weight is 1320 g/mol.